The lowest BCUT2D eigenvalue weighted by Gasteiger charge is -2.44. The molecule has 2 N–H and O–H groups in total. The fourth-order valence-electron chi connectivity index (χ4n) is 4.24. The van der Waals surface area contributed by atoms with Gasteiger partial charge in [-0.05, 0) is 16.7 Å². The van der Waals surface area contributed by atoms with Gasteiger partial charge in [0, 0.05) is 6.92 Å². The Kier molecular flexibility index (Phi) is 10.4. The molecule has 1 heterocycles. The second-order valence-electron chi connectivity index (χ2n) is 9.12. The zero-order valence-electron chi connectivity index (χ0n) is 21.7. The number of hydrogen-bond donors (Lipinski definition) is 2. The van der Waals surface area contributed by atoms with E-state index in [4.69, 9.17) is 23.7 Å². The number of aliphatic hydroxyl groups is 1. The van der Waals surface area contributed by atoms with Crippen LogP contribution in [0.2, 0.25) is 0 Å². The first-order chi connectivity index (χ1) is 19.0. The summed E-state index contributed by atoms with van der Waals surface area (Å²) in [6.45, 7) is 1.56. The highest BCUT2D eigenvalue weighted by atomic mass is 16.7. The van der Waals surface area contributed by atoms with E-state index in [-0.39, 0.29) is 26.4 Å². The van der Waals surface area contributed by atoms with Gasteiger partial charge in [0.25, 0.3) is 0 Å². The zero-order chi connectivity index (χ0) is 27.5. The number of nitrogens with one attached hydrogen (secondary N) is 1. The largest absolute Gasteiger partial charge is 0.463 e. The molecule has 1 aliphatic heterocycles. The molecule has 4 rings (SSSR count). The molecule has 1 aliphatic rings. The predicted molar refractivity (Wildman–Crippen MR) is 141 cm³/mol. The molecule has 5 atom stereocenters. The monoisotopic (exact) mass is 535 g/mol. The smallest absolute Gasteiger partial charge is 0.407 e. The summed E-state index contributed by atoms with van der Waals surface area (Å²) in [5.74, 6) is -0.499. The van der Waals surface area contributed by atoms with Crippen LogP contribution in [-0.4, -0.2) is 54.4 Å². The molecule has 0 aromatic heterocycles. The van der Waals surface area contributed by atoms with Crippen molar-refractivity contribution in [2.75, 3.05) is 6.61 Å². The van der Waals surface area contributed by atoms with Crippen molar-refractivity contribution in [3.05, 3.63) is 108 Å². The molecule has 1 fully saturated rings. The van der Waals surface area contributed by atoms with Gasteiger partial charge >= 0.3 is 12.1 Å². The summed E-state index contributed by atoms with van der Waals surface area (Å²) in [5, 5.41) is 13.6. The van der Waals surface area contributed by atoms with E-state index in [2.05, 4.69) is 5.32 Å². The molecule has 0 spiro atoms. The third-order valence-corrected chi connectivity index (χ3v) is 6.18. The number of aliphatic hydroxyl groups excluding tert-OH is 1. The van der Waals surface area contributed by atoms with Crippen LogP contribution in [0.4, 0.5) is 4.79 Å². The summed E-state index contributed by atoms with van der Waals surface area (Å²) in [6, 6.07) is 27.2. The van der Waals surface area contributed by atoms with Crippen LogP contribution in [0, 0.1) is 0 Å². The van der Waals surface area contributed by atoms with Crippen LogP contribution >= 0.6 is 0 Å². The van der Waals surface area contributed by atoms with Gasteiger partial charge in [-0.2, -0.15) is 0 Å². The Balaban J connectivity index is 1.54. The molecule has 1 amide bonds. The lowest BCUT2D eigenvalue weighted by Crippen LogP contribution is -2.65. The maximum absolute atomic E-state index is 12.8. The van der Waals surface area contributed by atoms with Crippen LogP contribution in [0.25, 0.3) is 0 Å². The molecule has 0 aliphatic carbocycles. The standard InChI is InChI=1S/C30H33NO8/c1-21(32)35-20-25-27(36-17-22-11-5-2-6-12-22)28(37-18-23-13-7-3-8-14-23)26(29(33)39-25)31-30(34)38-19-24-15-9-4-10-16-24/h2-16,25-29,33H,17-20H2,1H3,(H,31,34)/t25-,26-,27-,28-,29-/m1/s1. The maximum atomic E-state index is 12.8. The van der Waals surface area contributed by atoms with E-state index in [1.165, 1.54) is 6.92 Å². The first-order valence-corrected chi connectivity index (χ1v) is 12.7. The van der Waals surface area contributed by atoms with Crippen molar-refractivity contribution in [3.8, 4) is 0 Å². The first kappa shape index (κ1) is 28.3. The number of rotatable bonds is 11. The van der Waals surface area contributed by atoms with Crippen LogP contribution in [0.15, 0.2) is 91.0 Å². The zero-order valence-corrected chi connectivity index (χ0v) is 21.7. The Hall–Kier alpha value is -3.76. The average Bonchev–Trinajstić information content (AvgIpc) is 2.96. The van der Waals surface area contributed by atoms with Crippen molar-refractivity contribution in [1.82, 2.24) is 5.32 Å². The van der Waals surface area contributed by atoms with Gasteiger partial charge < -0.3 is 34.1 Å². The summed E-state index contributed by atoms with van der Waals surface area (Å²) in [7, 11) is 0. The maximum Gasteiger partial charge on any atom is 0.407 e. The van der Waals surface area contributed by atoms with Crippen molar-refractivity contribution in [1.29, 1.82) is 0 Å². The molecule has 3 aromatic rings. The van der Waals surface area contributed by atoms with Gasteiger partial charge in [0.2, 0.25) is 0 Å². The van der Waals surface area contributed by atoms with Gasteiger partial charge in [0.1, 0.15) is 37.6 Å². The molecule has 9 heteroatoms. The van der Waals surface area contributed by atoms with Gasteiger partial charge in [-0.3, -0.25) is 4.79 Å². The van der Waals surface area contributed by atoms with Crippen molar-refractivity contribution in [2.24, 2.45) is 0 Å². The van der Waals surface area contributed by atoms with Crippen molar-refractivity contribution in [3.63, 3.8) is 0 Å². The van der Waals surface area contributed by atoms with Crippen molar-refractivity contribution in [2.45, 2.75) is 57.4 Å². The Morgan fingerprint density at radius 2 is 1.23 bits per heavy atom. The van der Waals surface area contributed by atoms with E-state index in [0.29, 0.717) is 0 Å². The summed E-state index contributed by atoms with van der Waals surface area (Å²) in [5.41, 5.74) is 2.61. The van der Waals surface area contributed by atoms with E-state index in [0.717, 1.165) is 16.7 Å². The SMILES string of the molecule is CC(=O)OC[C@H]1O[C@@H](O)[C@H](NC(=O)OCc2ccccc2)[C@@H](OCc2ccccc2)[C@@H]1OCc1ccccc1. The van der Waals surface area contributed by atoms with E-state index in [9.17, 15) is 14.7 Å². The third-order valence-electron chi connectivity index (χ3n) is 6.18. The molecular formula is C30H33NO8. The van der Waals surface area contributed by atoms with Crippen LogP contribution in [0.3, 0.4) is 0 Å². The second-order valence-corrected chi connectivity index (χ2v) is 9.12. The molecule has 0 unspecified atom stereocenters. The quantitative estimate of drug-likeness (QED) is 0.357. The minimum Gasteiger partial charge on any atom is -0.463 e. The molecular weight excluding hydrogens is 502 g/mol. The normalized spacial score (nSPS) is 22.6. The minimum absolute atomic E-state index is 0.0505. The number of hydrogen-bond acceptors (Lipinski definition) is 8. The van der Waals surface area contributed by atoms with E-state index < -0.39 is 42.7 Å². The summed E-state index contributed by atoms with van der Waals surface area (Å²) in [4.78, 5) is 24.3. The number of alkyl carbamates (subject to hydrolysis) is 1. The lowest BCUT2D eigenvalue weighted by molar-refractivity contribution is -0.275. The van der Waals surface area contributed by atoms with Crippen LogP contribution in [0.1, 0.15) is 23.6 Å². The Morgan fingerprint density at radius 3 is 1.74 bits per heavy atom. The highest BCUT2D eigenvalue weighted by molar-refractivity contribution is 5.68. The first-order valence-electron chi connectivity index (χ1n) is 12.7. The predicted octanol–water partition coefficient (Wildman–Crippen LogP) is 3.73. The highest BCUT2D eigenvalue weighted by Gasteiger charge is 2.48. The van der Waals surface area contributed by atoms with E-state index >= 15 is 0 Å². The average molecular weight is 536 g/mol. The Labute approximate surface area is 227 Å². The van der Waals surface area contributed by atoms with Gasteiger partial charge in [-0.1, -0.05) is 91.0 Å². The molecule has 0 bridgehead atoms. The molecule has 39 heavy (non-hydrogen) atoms. The second kappa shape index (κ2) is 14.4. The summed E-state index contributed by atoms with van der Waals surface area (Å²) in [6.07, 6.45) is -4.77. The number of ether oxygens (including phenoxy) is 5. The van der Waals surface area contributed by atoms with Crippen LogP contribution < -0.4 is 5.32 Å². The fourth-order valence-corrected chi connectivity index (χ4v) is 4.24. The van der Waals surface area contributed by atoms with Crippen molar-refractivity contribution < 1.29 is 38.4 Å². The van der Waals surface area contributed by atoms with E-state index in [1.54, 1.807) is 0 Å². The molecule has 3 aromatic carbocycles. The Bertz CT molecular complexity index is 1160. The number of esters is 1. The molecule has 0 saturated carbocycles. The Morgan fingerprint density at radius 1 is 0.744 bits per heavy atom. The summed E-state index contributed by atoms with van der Waals surface area (Å²) < 4.78 is 28.9. The number of amides is 1. The van der Waals surface area contributed by atoms with Crippen molar-refractivity contribution >= 4 is 12.1 Å². The number of carbonyl (C=O) groups is 2. The fraction of sp³-hybridized carbons (Fsp3) is 0.333. The number of carbonyl (C=O) groups excluding carboxylic acids is 2. The van der Waals surface area contributed by atoms with E-state index in [1.807, 2.05) is 91.0 Å². The van der Waals surface area contributed by atoms with Gasteiger partial charge in [0.05, 0.1) is 13.2 Å². The highest BCUT2D eigenvalue weighted by Crippen LogP contribution is 2.27. The topological polar surface area (TPSA) is 113 Å². The van der Waals surface area contributed by atoms with Gasteiger partial charge in [-0.25, -0.2) is 4.79 Å². The van der Waals surface area contributed by atoms with Gasteiger partial charge in [-0.15, -0.1) is 0 Å². The van der Waals surface area contributed by atoms with Gasteiger partial charge in [0.15, 0.2) is 6.29 Å². The lowest BCUT2D eigenvalue weighted by atomic mass is 9.96. The van der Waals surface area contributed by atoms with Crippen LogP contribution in [-0.2, 0) is 48.3 Å². The third kappa shape index (κ3) is 8.62. The molecule has 9 nitrogen and oxygen atoms in total. The molecule has 0 radical (unpaired) electrons. The minimum atomic E-state index is -1.48. The molecule has 206 valence electrons. The summed E-state index contributed by atoms with van der Waals surface area (Å²) >= 11 is 0. The number of benzene rings is 3. The van der Waals surface area contributed by atoms with Crippen LogP contribution in [0.5, 0.6) is 0 Å². The molecule has 1 saturated heterocycles.